The van der Waals surface area contributed by atoms with E-state index in [1.54, 1.807) is 18.5 Å². The lowest BCUT2D eigenvalue weighted by Crippen LogP contribution is -2.33. The minimum Gasteiger partial charge on any atom is -0.343 e. The summed E-state index contributed by atoms with van der Waals surface area (Å²) in [6.45, 7) is 3.42. The number of anilines is 1. The number of halogens is 3. The Morgan fingerprint density at radius 2 is 1.70 bits per heavy atom. The van der Waals surface area contributed by atoms with Gasteiger partial charge in [0.15, 0.2) is 17.5 Å². The van der Waals surface area contributed by atoms with Gasteiger partial charge in [-0.3, -0.25) is 14.3 Å². The van der Waals surface area contributed by atoms with Crippen molar-refractivity contribution in [3.8, 4) is 0 Å². The highest BCUT2D eigenvalue weighted by atomic mass is 19.2. The van der Waals surface area contributed by atoms with Gasteiger partial charge in [-0.05, 0) is 31.5 Å². The van der Waals surface area contributed by atoms with Crippen LogP contribution in [0, 0.1) is 31.3 Å². The zero-order valence-corrected chi connectivity index (χ0v) is 16.3. The molecule has 1 aromatic heterocycles. The number of aryl methyl sites for hydroxylation is 1. The van der Waals surface area contributed by atoms with Crippen LogP contribution in [0.25, 0.3) is 0 Å². The number of carbonyl (C=O) groups is 2. The fraction of sp³-hybridized carbons (Fsp3) is 0.190. The SMILES string of the molecule is Cc1nn(Cc2ccccc2)c(C)c1C(=O)NCC(=O)Nc1ccc(F)c(F)c1F. The van der Waals surface area contributed by atoms with Crippen molar-refractivity contribution in [3.63, 3.8) is 0 Å². The minimum absolute atomic E-state index is 0.331. The Morgan fingerprint density at radius 1 is 1.00 bits per heavy atom. The van der Waals surface area contributed by atoms with Gasteiger partial charge in [0, 0.05) is 5.69 Å². The quantitative estimate of drug-likeness (QED) is 0.606. The van der Waals surface area contributed by atoms with Crippen LogP contribution in [0.15, 0.2) is 42.5 Å². The minimum atomic E-state index is -1.69. The van der Waals surface area contributed by atoms with E-state index in [4.69, 9.17) is 0 Å². The summed E-state index contributed by atoms with van der Waals surface area (Å²) in [6, 6.07) is 11.2. The molecule has 0 bridgehead atoms. The molecule has 0 unspecified atom stereocenters. The van der Waals surface area contributed by atoms with Gasteiger partial charge in [-0.25, -0.2) is 13.2 Å². The summed E-state index contributed by atoms with van der Waals surface area (Å²) in [5.41, 5.74) is 1.95. The molecule has 0 aliphatic rings. The molecular weight excluding hydrogens is 397 g/mol. The molecule has 0 aliphatic heterocycles. The third kappa shape index (κ3) is 4.51. The van der Waals surface area contributed by atoms with Crippen LogP contribution in [0.3, 0.4) is 0 Å². The van der Waals surface area contributed by atoms with Gasteiger partial charge in [0.05, 0.1) is 30.0 Å². The maximum absolute atomic E-state index is 13.6. The number of nitrogens with one attached hydrogen (secondary N) is 2. The third-order valence-electron chi connectivity index (χ3n) is 4.50. The van der Waals surface area contributed by atoms with Crippen LogP contribution in [0.4, 0.5) is 18.9 Å². The van der Waals surface area contributed by atoms with Crippen molar-refractivity contribution < 1.29 is 22.8 Å². The average Bonchev–Trinajstić information content (AvgIpc) is 3.00. The van der Waals surface area contributed by atoms with Gasteiger partial charge in [0.2, 0.25) is 5.91 Å². The van der Waals surface area contributed by atoms with E-state index < -0.39 is 41.5 Å². The van der Waals surface area contributed by atoms with E-state index in [0.29, 0.717) is 29.6 Å². The molecule has 0 saturated carbocycles. The number of hydrogen-bond acceptors (Lipinski definition) is 3. The number of hydrogen-bond donors (Lipinski definition) is 2. The molecule has 1 heterocycles. The Balaban J connectivity index is 1.65. The molecule has 6 nitrogen and oxygen atoms in total. The maximum atomic E-state index is 13.6. The fourth-order valence-corrected chi connectivity index (χ4v) is 3.00. The molecule has 2 aromatic carbocycles. The van der Waals surface area contributed by atoms with Gasteiger partial charge in [-0.2, -0.15) is 5.10 Å². The summed E-state index contributed by atoms with van der Waals surface area (Å²) in [7, 11) is 0. The first kappa shape index (κ1) is 21.1. The van der Waals surface area contributed by atoms with E-state index in [2.05, 4.69) is 15.7 Å². The molecule has 2 amide bonds. The van der Waals surface area contributed by atoms with Gasteiger partial charge in [0.1, 0.15) is 0 Å². The second kappa shape index (κ2) is 8.81. The van der Waals surface area contributed by atoms with Crippen LogP contribution in [0.1, 0.15) is 27.3 Å². The van der Waals surface area contributed by atoms with Crippen molar-refractivity contribution in [1.29, 1.82) is 0 Å². The summed E-state index contributed by atoms with van der Waals surface area (Å²) in [5, 5.41) is 8.90. The van der Waals surface area contributed by atoms with Crippen LogP contribution in [-0.4, -0.2) is 28.1 Å². The van der Waals surface area contributed by atoms with Gasteiger partial charge in [-0.1, -0.05) is 30.3 Å². The molecule has 0 saturated heterocycles. The smallest absolute Gasteiger partial charge is 0.255 e. The molecule has 0 aliphatic carbocycles. The zero-order chi connectivity index (χ0) is 21.8. The lowest BCUT2D eigenvalue weighted by Gasteiger charge is -2.09. The molecule has 0 fully saturated rings. The first-order chi connectivity index (χ1) is 14.3. The van der Waals surface area contributed by atoms with E-state index >= 15 is 0 Å². The first-order valence-corrected chi connectivity index (χ1v) is 9.07. The Kier molecular flexibility index (Phi) is 6.20. The van der Waals surface area contributed by atoms with Crippen LogP contribution < -0.4 is 10.6 Å². The van der Waals surface area contributed by atoms with Crippen molar-refractivity contribution >= 4 is 17.5 Å². The van der Waals surface area contributed by atoms with Crippen molar-refractivity contribution in [1.82, 2.24) is 15.1 Å². The van der Waals surface area contributed by atoms with E-state index in [9.17, 15) is 22.8 Å². The van der Waals surface area contributed by atoms with Gasteiger partial charge in [0.25, 0.3) is 5.91 Å². The molecule has 0 atom stereocenters. The number of carbonyl (C=O) groups excluding carboxylic acids is 2. The summed E-state index contributed by atoms with van der Waals surface area (Å²) < 4.78 is 41.5. The topological polar surface area (TPSA) is 76.0 Å². The largest absolute Gasteiger partial charge is 0.343 e. The first-order valence-electron chi connectivity index (χ1n) is 9.07. The molecule has 3 aromatic rings. The van der Waals surface area contributed by atoms with E-state index in [1.807, 2.05) is 30.3 Å². The molecule has 156 valence electrons. The van der Waals surface area contributed by atoms with Crippen LogP contribution >= 0.6 is 0 Å². The number of nitrogens with zero attached hydrogens (tertiary/aromatic N) is 2. The number of amides is 2. The van der Waals surface area contributed by atoms with Gasteiger partial charge < -0.3 is 10.6 Å². The van der Waals surface area contributed by atoms with Crippen LogP contribution in [0.5, 0.6) is 0 Å². The predicted octanol–water partition coefficient (Wildman–Crippen LogP) is 3.33. The molecule has 3 rings (SSSR count). The van der Waals surface area contributed by atoms with Gasteiger partial charge in [-0.15, -0.1) is 0 Å². The Morgan fingerprint density at radius 3 is 2.40 bits per heavy atom. The highest BCUT2D eigenvalue weighted by Crippen LogP contribution is 2.19. The molecular formula is C21H19F3N4O2. The Bertz CT molecular complexity index is 1100. The Hall–Kier alpha value is -3.62. The summed E-state index contributed by atoms with van der Waals surface area (Å²) in [4.78, 5) is 24.5. The van der Waals surface area contributed by atoms with E-state index in [-0.39, 0.29) is 0 Å². The second-order valence-corrected chi connectivity index (χ2v) is 6.64. The normalized spacial score (nSPS) is 10.7. The predicted molar refractivity (Wildman–Crippen MR) is 105 cm³/mol. The monoisotopic (exact) mass is 416 g/mol. The van der Waals surface area contributed by atoms with Crippen molar-refractivity contribution in [2.45, 2.75) is 20.4 Å². The Labute approximate surface area is 170 Å². The lowest BCUT2D eigenvalue weighted by atomic mass is 10.1. The number of aromatic nitrogens is 2. The highest BCUT2D eigenvalue weighted by Gasteiger charge is 2.20. The van der Waals surface area contributed by atoms with Crippen molar-refractivity contribution in [2.75, 3.05) is 11.9 Å². The number of rotatable bonds is 6. The molecule has 30 heavy (non-hydrogen) atoms. The summed E-state index contributed by atoms with van der Waals surface area (Å²) >= 11 is 0. The van der Waals surface area contributed by atoms with Gasteiger partial charge >= 0.3 is 0 Å². The molecule has 9 heteroatoms. The maximum Gasteiger partial charge on any atom is 0.255 e. The fourth-order valence-electron chi connectivity index (χ4n) is 3.00. The van der Waals surface area contributed by atoms with Crippen molar-refractivity contribution in [3.05, 3.63) is 82.4 Å². The highest BCUT2D eigenvalue weighted by molar-refractivity contribution is 6.00. The second-order valence-electron chi connectivity index (χ2n) is 6.64. The molecule has 2 N–H and O–H groups in total. The zero-order valence-electron chi connectivity index (χ0n) is 16.3. The van der Waals surface area contributed by atoms with E-state index in [1.165, 1.54) is 0 Å². The summed E-state index contributed by atoms with van der Waals surface area (Å²) in [6.07, 6.45) is 0. The van der Waals surface area contributed by atoms with Crippen LogP contribution in [0.2, 0.25) is 0 Å². The number of benzene rings is 2. The third-order valence-corrected chi connectivity index (χ3v) is 4.50. The van der Waals surface area contributed by atoms with Crippen LogP contribution in [-0.2, 0) is 11.3 Å². The van der Waals surface area contributed by atoms with Crippen molar-refractivity contribution in [2.24, 2.45) is 0 Å². The molecule has 0 radical (unpaired) electrons. The summed E-state index contributed by atoms with van der Waals surface area (Å²) in [5.74, 6) is -5.87. The van der Waals surface area contributed by atoms with E-state index in [0.717, 1.165) is 11.6 Å². The average molecular weight is 416 g/mol. The lowest BCUT2D eigenvalue weighted by molar-refractivity contribution is -0.115. The standard InChI is InChI=1S/C21H19F3N4O2/c1-12-18(13(2)28(27-12)11-14-6-4-3-5-7-14)21(30)25-10-17(29)26-16-9-8-15(22)19(23)20(16)24/h3-9H,10-11H2,1-2H3,(H,25,30)(H,26,29). The molecule has 0 spiro atoms.